The zero-order valence-electron chi connectivity index (χ0n) is 14.3. The highest BCUT2D eigenvalue weighted by Crippen LogP contribution is 2.25. The first-order chi connectivity index (χ1) is 9.49. The van der Waals surface area contributed by atoms with Crippen LogP contribution in [-0.4, -0.2) is 0 Å². The Kier molecular flexibility index (Phi) is 7.95. The third kappa shape index (κ3) is 7.12. The molecule has 0 saturated heterocycles. The zero-order valence-corrected chi connectivity index (χ0v) is 14.3. The van der Waals surface area contributed by atoms with Gasteiger partial charge >= 0.3 is 0 Å². The Bertz CT molecular complexity index is 365. The summed E-state index contributed by atoms with van der Waals surface area (Å²) in [6.45, 7) is 11.6. The highest BCUT2D eigenvalue weighted by Gasteiger charge is 2.12. The van der Waals surface area contributed by atoms with Crippen LogP contribution in [0.1, 0.15) is 79.6 Å². The molecule has 0 bridgehead atoms. The Hall–Kier alpha value is -0.780. The van der Waals surface area contributed by atoms with E-state index in [1.807, 2.05) is 0 Å². The van der Waals surface area contributed by atoms with Crippen molar-refractivity contribution in [2.24, 2.45) is 11.8 Å². The van der Waals surface area contributed by atoms with Gasteiger partial charge in [0.15, 0.2) is 0 Å². The van der Waals surface area contributed by atoms with E-state index in [1.54, 1.807) is 16.7 Å². The largest absolute Gasteiger partial charge is 0.0853 e. The second-order valence-corrected chi connectivity index (χ2v) is 7.01. The van der Waals surface area contributed by atoms with Gasteiger partial charge in [-0.15, -0.1) is 0 Å². The monoisotopic (exact) mass is 274 g/mol. The maximum absolute atomic E-state index is 2.50. The van der Waals surface area contributed by atoms with Crippen LogP contribution in [0, 0.1) is 11.8 Å². The van der Waals surface area contributed by atoms with E-state index >= 15 is 0 Å². The molecule has 0 nitrogen and oxygen atoms in total. The van der Waals surface area contributed by atoms with Gasteiger partial charge in [-0.1, -0.05) is 48.8 Å². The molecule has 0 N–H and O–H groups in total. The SMILES string of the molecule is C/C1=C/CC/C(C)=C\C[C@H](C(C)C)CC/C(C)=C\CC1. The molecule has 1 rings (SSSR count). The average Bonchev–Trinajstić information content (AvgIpc) is 2.37. The van der Waals surface area contributed by atoms with Crippen LogP contribution in [0.25, 0.3) is 0 Å². The van der Waals surface area contributed by atoms with Crippen molar-refractivity contribution in [3.05, 3.63) is 34.9 Å². The predicted octanol–water partition coefficient (Wildman–Crippen LogP) is 6.84. The van der Waals surface area contributed by atoms with Crippen molar-refractivity contribution in [2.75, 3.05) is 0 Å². The summed E-state index contributed by atoms with van der Waals surface area (Å²) in [5.41, 5.74) is 4.71. The topological polar surface area (TPSA) is 0 Å². The lowest BCUT2D eigenvalue weighted by Gasteiger charge is -2.20. The zero-order chi connectivity index (χ0) is 15.0. The minimum atomic E-state index is 0.793. The Morgan fingerprint density at radius 1 is 0.800 bits per heavy atom. The number of rotatable bonds is 1. The van der Waals surface area contributed by atoms with E-state index in [4.69, 9.17) is 0 Å². The van der Waals surface area contributed by atoms with Crippen LogP contribution in [-0.2, 0) is 0 Å². The van der Waals surface area contributed by atoms with Crippen molar-refractivity contribution in [2.45, 2.75) is 79.6 Å². The standard InChI is InChI=1S/C20H34/c1-16(2)20-14-12-18(4)10-6-8-17(3)9-7-11-19(5)13-15-20/h8,11-12,16,20H,6-7,9-10,13-15H2,1-5H3/b17-8-,18-12-,19-11-/t20-/m0/s1. The molecule has 20 heavy (non-hydrogen) atoms. The number of hydrogen-bond acceptors (Lipinski definition) is 0. The van der Waals surface area contributed by atoms with E-state index in [-0.39, 0.29) is 0 Å². The molecular weight excluding hydrogens is 240 g/mol. The average molecular weight is 274 g/mol. The fraction of sp³-hybridized carbons (Fsp3) is 0.700. The molecule has 114 valence electrons. The van der Waals surface area contributed by atoms with Crippen molar-refractivity contribution in [1.29, 1.82) is 0 Å². The summed E-state index contributed by atoms with van der Waals surface area (Å²) in [5, 5.41) is 0. The van der Waals surface area contributed by atoms with Gasteiger partial charge < -0.3 is 0 Å². The van der Waals surface area contributed by atoms with Gasteiger partial charge in [-0.05, 0) is 77.6 Å². The molecule has 0 heterocycles. The first-order valence-electron chi connectivity index (χ1n) is 8.46. The normalized spacial score (nSPS) is 31.5. The fourth-order valence-electron chi connectivity index (χ4n) is 2.89. The van der Waals surface area contributed by atoms with Crippen molar-refractivity contribution in [1.82, 2.24) is 0 Å². The maximum Gasteiger partial charge on any atom is -0.0288 e. The molecule has 0 aromatic rings. The third-order valence-electron chi connectivity index (χ3n) is 4.68. The summed E-state index contributed by atoms with van der Waals surface area (Å²) < 4.78 is 0. The van der Waals surface area contributed by atoms with E-state index in [0.717, 1.165) is 11.8 Å². The van der Waals surface area contributed by atoms with Crippen LogP contribution in [0.3, 0.4) is 0 Å². The van der Waals surface area contributed by atoms with Crippen LogP contribution in [0.2, 0.25) is 0 Å². The molecule has 0 aromatic heterocycles. The van der Waals surface area contributed by atoms with Gasteiger partial charge in [0.2, 0.25) is 0 Å². The van der Waals surface area contributed by atoms with E-state index in [0.29, 0.717) is 0 Å². The molecule has 0 aliphatic heterocycles. The molecule has 1 aliphatic carbocycles. The van der Waals surface area contributed by atoms with Crippen LogP contribution < -0.4 is 0 Å². The quantitative estimate of drug-likeness (QED) is 0.459. The molecule has 0 amide bonds. The van der Waals surface area contributed by atoms with Crippen molar-refractivity contribution < 1.29 is 0 Å². The first kappa shape index (κ1) is 17.3. The van der Waals surface area contributed by atoms with Crippen molar-refractivity contribution >= 4 is 0 Å². The molecule has 0 unspecified atom stereocenters. The van der Waals surface area contributed by atoms with Crippen LogP contribution in [0.15, 0.2) is 34.9 Å². The summed E-state index contributed by atoms with van der Waals surface area (Å²) in [7, 11) is 0. The van der Waals surface area contributed by atoms with E-state index < -0.39 is 0 Å². The number of hydrogen-bond donors (Lipinski definition) is 0. The highest BCUT2D eigenvalue weighted by atomic mass is 14.2. The Balaban J connectivity index is 2.75. The van der Waals surface area contributed by atoms with E-state index in [2.05, 4.69) is 52.8 Å². The van der Waals surface area contributed by atoms with Gasteiger partial charge in [0.05, 0.1) is 0 Å². The molecule has 0 spiro atoms. The Morgan fingerprint density at radius 2 is 1.30 bits per heavy atom. The fourth-order valence-corrected chi connectivity index (χ4v) is 2.89. The summed E-state index contributed by atoms with van der Waals surface area (Å²) in [6, 6.07) is 0. The lowest BCUT2D eigenvalue weighted by Crippen LogP contribution is -2.08. The minimum Gasteiger partial charge on any atom is -0.0853 e. The van der Waals surface area contributed by atoms with Gasteiger partial charge in [0.25, 0.3) is 0 Å². The number of allylic oxidation sites excluding steroid dienone is 6. The summed E-state index contributed by atoms with van der Waals surface area (Å²) in [4.78, 5) is 0. The molecule has 1 atom stereocenters. The maximum atomic E-state index is 2.50. The van der Waals surface area contributed by atoms with E-state index in [9.17, 15) is 0 Å². The smallest absolute Gasteiger partial charge is 0.0288 e. The summed E-state index contributed by atoms with van der Waals surface area (Å²) in [6.07, 6.45) is 16.2. The lowest BCUT2D eigenvalue weighted by molar-refractivity contribution is 0.362. The highest BCUT2D eigenvalue weighted by molar-refractivity contribution is 5.07. The lowest BCUT2D eigenvalue weighted by atomic mass is 9.86. The minimum absolute atomic E-state index is 0.793. The molecule has 0 fully saturated rings. The Labute approximate surface area is 127 Å². The molecule has 0 radical (unpaired) electrons. The van der Waals surface area contributed by atoms with Gasteiger partial charge in [0.1, 0.15) is 0 Å². The third-order valence-corrected chi connectivity index (χ3v) is 4.68. The van der Waals surface area contributed by atoms with Gasteiger partial charge in [-0.2, -0.15) is 0 Å². The molecular formula is C20H34. The van der Waals surface area contributed by atoms with Crippen molar-refractivity contribution in [3.8, 4) is 0 Å². The van der Waals surface area contributed by atoms with Crippen LogP contribution >= 0.6 is 0 Å². The van der Waals surface area contributed by atoms with Crippen molar-refractivity contribution in [3.63, 3.8) is 0 Å². The second kappa shape index (κ2) is 9.21. The van der Waals surface area contributed by atoms with Crippen LogP contribution in [0.4, 0.5) is 0 Å². The van der Waals surface area contributed by atoms with E-state index in [1.165, 1.54) is 44.9 Å². The van der Waals surface area contributed by atoms with Gasteiger partial charge in [0, 0.05) is 0 Å². The molecule has 1 aliphatic rings. The predicted molar refractivity (Wildman–Crippen MR) is 91.9 cm³/mol. The molecule has 0 saturated carbocycles. The van der Waals surface area contributed by atoms with Gasteiger partial charge in [-0.25, -0.2) is 0 Å². The molecule has 0 heteroatoms. The summed E-state index contributed by atoms with van der Waals surface area (Å²) in [5.74, 6) is 1.63. The van der Waals surface area contributed by atoms with Gasteiger partial charge in [-0.3, -0.25) is 0 Å². The Morgan fingerprint density at radius 3 is 1.85 bits per heavy atom. The second-order valence-electron chi connectivity index (χ2n) is 7.01. The van der Waals surface area contributed by atoms with Crippen LogP contribution in [0.5, 0.6) is 0 Å². The first-order valence-corrected chi connectivity index (χ1v) is 8.46. The molecule has 0 aromatic carbocycles. The summed E-state index contributed by atoms with van der Waals surface area (Å²) >= 11 is 0.